The quantitative estimate of drug-likeness (QED) is 0.273. The predicted octanol–water partition coefficient (Wildman–Crippen LogP) is -0.497. The molecule has 0 aliphatic rings. The van der Waals surface area contributed by atoms with Crippen LogP contribution in [0.25, 0.3) is 6.08 Å². The number of carbonyl (C=O) groups excluding carboxylic acids is 1. The monoisotopic (exact) mass is 182 g/mol. The SMILES string of the molecule is C=CC(=O)OC=Cc1ccccc1.[H-].[Li+]. The molecule has 0 saturated carbocycles. The zero-order chi connectivity index (χ0) is 9.52. The molecule has 0 heterocycles. The minimum Gasteiger partial charge on any atom is -1.00 e. The molecule has 0 saturated heterocycles. The molecule has 0 fully saturated rings. The van der Waals surface area contributed by atoms with Crippen LogP contribution < -0.4 is 18.9 Å². The maximum absolute atomic E-state index is 10.6. The third-order valence-corrected chi connectivity index (χ3v) is 1.41. The van der Waals surface area contributed by atoms with Gasteiger partial charge < -0.3 is 6.16 Å². The van der Waals surface area contributed by atoms with Crippen LogP contribution in [0.4, 0.5) is 0 Å². The Kier molecular flexibility index (Phi) is 6.56. The molecule has 0 aromatic heterocycles. The Morgan fingerprint density at radius 3 is 2.57 bits per heavy atom. The van der Waals surface area contributed by atoms with Gasteiger partial charge in [-0.3, -0.25) is 0 Å². The summed E-state index contributed by atoms with van der Waals surface area (Å²) < 4.78 is 4.66. The van der Waals surface area contributed by atoms with Crippen LogP contribution in [-0.2, 0) is 9.53 Å². The van der Waals surface area contributed by atoms with Crippen molar-refractivity contribution < 1.29 is 29.8 Å². The van der Waals surface area contributed by atoms with Crippen molar-refractivity contribution in [2.24, 2.45) is 0 Å². The van der Waals surface area contributed by atoms with Crippen molar-refractivity contribution in [1.82, 2.24) is 0 Å². The molecule has 3 heteroatoms. The summed E-state index contributed by atoms with van der Waals surface area (Å²) in [7, 11) is 0. The summed E-state index contributed by atoms with van der Waals surface area (Å²) in [6, 6.07) is 9.58. The summed E-state index contributed by atoms with van der Waals surface area (Å²) in [5, 5.41) is 0. The maximum atomic E-state index is 10.6. The number of carbonyl (C=O) groups is 1. The normalized spacial score (nSPS) is 9.14. The molecule has 68 valence electrons. The molecule has 2 nitrogen and oxygen atoms in total. The standard InChI is InChI=1S/C11H10O2.Li.H/c1-2-11(12)13-9-8-10-6-4-3-5-7-10;;/h2-9H,1H2;;/q;+1;-1. The van der Waals surface area contributed by atoms with Crippen LogP contribution in [-0.4, -0.2) is 5.97 Å². The molecule has 0 amide bonds. The van der Waals surface area contributed by atoms with E-state index in [1.165, 1.54) is 6.26 Å². The van der Waals surface area contributed by atoms with Gasteiger partial charge in [0.05, 0.1) is 6.26 Å². The number of hydrogen-bond acceptors (Lipinski definition) is 2. The van der Waals surface area contributed by atoms with Gasteiger partial charge in [0, 0.05) is 6.08 Å². The fourth-order valence-electron chi connectivity index (χ4n) is 0.792. The van der Waals surface area contributed by atoms with Gasteiger partial charge in [-0.05, 0) is 11.6 Å². The summed E-state index contributed by atoms with van der Waals surface area (Å²) in [6.45, 7) is 3.28. The molecule has 0 radical (unpaired) electrons. The van der Waals surface area contributed by atoms with Crippen molar-refractivity contribution in [3.8, 4) is 0 Å². The van der Waals surface area contributed by atoms with Crippen molar-refractivity contribution in [1.29, 1.82) is 0 Å². The Morgan fingerprint density at radius 1 is 1.36 bits per heavy atom. The fraction of sp³-hybridized carbons (Fsp3) is 0. The third-order valence-electron chi connectivity index (χ3n) is 1.41. The average Bonchev–Trinajstić information content (AvgIpc) is 2.19. The fourth-order valence-corrected chi connectivity index (χ4v) is 0.792. The summed E-state index contributed by atoms with van der Waals surface area (Å²) in [4.78, 5) is 10.6. The van der Waals surface area contributed by atoms with E-state index in [4.69, 9.17) is 0 Å². The summed E-state index contributed by atoms with van der Waals surface area (Å²) >= 11 is 0. The van der Waals surface area contributed by atoms with E-state index >= 15 is 0 Å². The van der Waals surface area contributed by atoms with Gasteiger partial charge in [0.2, 0.25) is 0 Å². The van der Waals surface area contributed by atoms with Crippen LogP contribution in [0.15, 0.2) is 49.2 Å². The predicted molar refractivity (Wildman–Crippen MR) is 52.9 cm³/mol. The third kappa shape index (κ3) is 4.71. The number of ether oxygens (including phenoxy) is 1. The van der Waals surface area contributed by atoms with Crippen molar-refractivity contribution in [3.05, 3.63) is 54.8 Å². The van der Waals surface area contributed by atoms with Gasteiger partial charge in [0.25, 0.3) is 0 Å². The maximum Gasteiger partial charge on any atom is 1.00 e. The molecule has 0 unspecified atom stereocenters. The molecule has 1 rings (SSSR count). The number of esters is 1. The Balaban J connectivity index is 0. The summed E-state index contributed by atoms with van der Waals surface area (Å²) in [6.07, 6.45) is 4.18. The van der Waals surface area contributed by atoms with Crippen molar-refractivity contribution in [3.63, 3.8) is 0 Å². The van der Waals surface area contributed by atoms with Gasteiger partial charge in [-0.25, -0.2) is 4.79 Å². The largest absolute Gasteiger partial charge is 1.00 e. The molecule has 0 aliphatic carbocycles. The van der Waals surface area contributed by atoms with E-state index in [9.17, 15) is 4.79 Å². The van der Waals surface area contributed by atoms with Gasteiger partial charge in [-0.2, -0.15) is 0 Å². The van der Waals surface area contributed by atoms with Crippen LogP contribution in [0.5, 0.6) is 0 Å². The van der Waals surface area contributed by atoms with Crippen molar-refractivity contribution in [2.45, 2.75) is 0 Å². The minimum absolute atomic E-state index is 0. The first-order chi connectivity index (χ1) is 6.33. The number of hydrogen-bond donors (Lipinski definition) is 0. The van der Waals surface area contributed by atoms with Gasteiger partial charge in [0.1, 0.15) is 0 Å². The molecule has 0 spiro atoms. The molecule has 1 aromatic carbocycles. The molecule has 0 atom stereocenters. The van der Waals surface area contributed by atoms with E-state index in [1.54, 1.807) is 6.08 Å². The smallest absolute Gasteiger partial charge is 1.00 e. The first-order valence-electron chi connectivity index (χ1n) is 3.87. The van der Waals surface area contributed by atoms with E-state index in [1.807, 2.05) is 30.3 Å². The van der Waals surface area contributed by atoms with E-state index in [0.29, 0.717) is 0 Å². The number of rotatable bonds is 3. The van der Waals surface area contributed by atoms with E-state index in [2.05, 4.69) is 11.3 Å². The van der Waals surface area contributed by atoms with E-state index in [-0.39, 0.29) is 20.3 Å². The summed E-state index contributed by atoms with van der Waals surface area (Å²) in [5.41, 5.74) is 0.986. The Hall–Kier alpha value is -1.23. The van der Waals surface area contributed by atoms with Crippen LogP contribution in [0.2, 0.25) is 0 Å². The van der Waals surface area contributed by atoms with Crippen molar-refractivity contribution in [2.75, 3.05) is 0 Å². The van der Waals surface area contributed by atoms with E-state index in [0.717, 1.165) is 11.6 Å². The average molecular weight is 182 g/mol. The molecule has 1 aromatic rings. The number of benzene rings is 1. The molecular weight excluding hydrogens is 171 g/mol. The zero-order valence-electron chi connectivity index (χ0n) is 9.14. The van der Waals surface area contributed by atoms with Crippen molar-refractivity contribution >= 4 is 12.0 Å². The van der Waals surface area contributed by atoms with Crippen LogP contribution in [0.1, 0.15) is 6.99 Å². The van der Waals surface area contributed by atoms with E-state index < -0.39 is 5.97 Å². The Bertz CT molecular complexity index is 323. The molecule has 0 N–H and O–H groups in total. The minimum atomic E-state index is -0.452. The summed E-state index contributed by atoms with van der Waals surface area (Å²) in [5.74, 6) is -0.452. The van der Waals surface area contributed by atoms with Gasteiger partial charge in [-0.15, -0.1) is 0 Å². The second kappa shape index (κ2) is 7.20. The molecule has 14 heavy (non-hydrogen) atoms. The first kappa shape index (κ1) is 12.8. The van der Waals surface area contributed by atoms with Crippen LogP contribution in [0.3, 0.4) is 0 Å². The molecular formula is C11H11LiO2. The van der Waals surface area contributed by atoms with Gasteiger partial charge in [0.15, 0.2) is 0 Å². The Morgan fingerprint density at radius 2 is 2.00 bits per heavy atom. The first-order valence-corrected chi connectivity index (χ1v) is 3.87. The van der Waals surface area contributed by atoms with Crippen LogP contribution >= 0.6 is 0 Å². The second-order valence-electron chi connectivity index (χ2n) is 2.35. The zero-order valence-corrected chi connectivity index (χ0v) is 8.14. The second-order valence-corrected chi connectivity index (χ2v) is 2.35. The molecule has 0 bridgehead atoms. The Labute approximate surface area is 96.9 Å². The molecule has 0 aliphatic heterocycles. The van der Waals surface area contributed by atoms with Crippen LogP contribution in [0, 0.1) is 0 Å². The van der Waals surface area contributed by atoms with Gasteiger partial charge >= 0.3 is 24.8 Å². The van der Waals surface area contributed by atoms with Gasteiger partial charge in [-0.1, -0.05) is 36.9 Å². The topological polar surface area (TPSA) is 26.3 Å².